The maximum Gasteiger partial charge on any atom is 0.330 e. The fraction of sp³-hybridized carbons (Fsp3) is 0.545. The van der Waals surface area contributed by atoms with Crippen molar-refractivity contribution in [1.29, 1.82) is 0 Å². The van der Waals surface area contributed by atoms with Gasteiger partial charge in [0.25, 0.3) is 5.56 Å². The number of H-pyrrole nitrogens is 1. The van der Waals surface area contributed by atoms with Crippen LogP contribution in [0.2, 0.25) is 0 Å². The second-order valence-electron chi connectivity index (χ2n) is 4.31. The molecule has 9 heteroatoms. The quantitative estimate of drug-likeness (QED) is 0.451. The van der Waals surface area contributed by atoms with Crippen LogP contribution in [-0.2, 0) is 14.3 Å². The summed E-state index contributed by atoms with van der Waals surface area (Å²) in [5.74, 6) is -1.52. The Morgan fingerprint density at radius 1 is 1.65 bits per heavy atom. The molecule has 1 saturated heterocycles. The molecule has 1 aliphatic rings. The fourth-order valence-corrected chi connectivity index (χ4v) is 2.80. The van der Waals surface area contributed by atoms with Crippen molar-refractivity contribution in [2.24, 2.45) is 0 Å². The molecular formula is C11H12FIN2O5. The van der Waals surface area contributed by atoms with Gasteiger partial charge in [0.1, 0.15) is 18.4 Å². The summed E-state index contributed by atoms with van der Waals surface area (Å²) in [5, 5.41) is 0. The number of carbonyl (C=O) groups is 1. The van der Waals surface area contributed by atoms with Crippen molar-refractivity contribution in [1.82, 2.24) is 9.55 Å². The molecule has 0 amide bonds. The Morgan fingerprint density at radius 3 is 2.95 bits per heavy atom. The van der Waals surface area contributed by atoms with E-state index in [4.69, 9.17) is 9.47 Å². The summed E-state index contributed by atoms with van der Waals surface area (Å²) in [6, 6.07) is 0. The van der Waals surface area contributed by atoms with Crippen LogP contribution < -0.4 is 11.2 Å². The Bertz CT molecular complexity index is 628. The van der Waals surface area contributed by atoms with E-state index in [1.165, 1.54) is 6.92 Å². The van der Waals surface area contributed by atoms with Crippen molar-refractivity contribution >= 4 is 28.6 Å². The number of ether oxygens (including phenoxy) is 2. The third-order valence-electron chi connectivity index (χ3n) is 2.88. The fourth-order valence-electron chi connectivity index (χ4n) is 2.02. The number of esters is 1. The topological polar surface area (TPSA) is 90.4 Å². The van der Waals surface area contributed by atoms with Crippen LogP contribution in [0.5, 0.6) is 0 Å². The van der Waals surface area contributed by atoms with Crippen LogP contribution in [0.15, 0.2) is 15.8 Å². The second-order valence-corrected chi connectivity index (χ2v) is 5.19. The standard InChI is InChI=1S/C11H12FIN2O5/c1-5(16)19-7-2-9(20-8(7)3-13)15-4-6(12)10(17)14-11(15)18/h4,7-9H,2-3H2,1H3,(H,14,17,18)/t7-,8+,9+/m0/s1. The van der Waals surface area contributed by atoms with Crippen molar-refractivity contribution in [3.05, 3.63) is 32.9 Å². The summed E-state index contributed by atoms with van der Waals surface area (Å²) in [7, 11) is 0. The largest absolute Gasteiger partial charge is 0.460 e. The zero-order valence-electron chi connectivity index (χ0n) is 10.5. The van der Waals surface area contributed by atoms with Gasteiger partial charge in [-0.1, -0.05) is 22.6 Å². The van der Waals surface area contributed by atoms with E-state index in [9.17, 15) is 18.8 Å². The van der Waals surface area contributed by atoms with Gasteiger partial charge in [-0.15, -0.1) is 0 Å². The maximum atomic E-state index is 13.3. The summed E-state index contributed by atoms with van der Waals surface area (Å²) in [4.78, 5) is 35.5. The molecule has 3 atom stereocenters. The van der Waals surface area contributed by atoms with Crippen molar-refractivity contribution in [2.45, 2.75) is 31.8 Å². The van der Waals surface area contributed by atoms with Crippen LogP contribution >= 0.6 is 22.6 Å². The minimum Gasteiger partial charge on any atom is -0.460 e. The molecule has 0 bridgehead atoms. The number of hydrogen-bond acceptors (Lipinski definition) is 5. The number of halogens is 2. The van der Waals surface area contributed by atoms with Crippen LogP contribution in [0.4, 0.5) is 4.39 Å². The molecular weight excluding hydrogens is 386 g/mol. The number of nitrogens with one attached hydrogen (secondary N) is 1. The number of aromatic amines is 1. The second kappa shape index (κ2) is 6.04. The molecule has 2 heterocycles. The van der Waals surface area contributed by atoms with E-state index in [2.05, 4.69) is 22.6 Å². The molecule has 0 aliphatic carbocycles. The first kappa shape index (κ1) is 15.2. The summed E-state index contributed by atoms with van der Waals surface area (Å²) in [6.45, 7) is 1.28. The Balaban J connectivity index is 2.27. The SMILES string of the molecule is CC(=O)O[C@H]1C[C@H](n2cc(F)c(=O)[nH]c2=O)O[C@@H]1CI. The Morgan fingerprint density at radius 2 is 2.35 bits per heavy atom. The van der Waals surface area contributed by atoms with E-state index in [0.717, 1.165) is 10.8 Å². The summed E-state index contributed by atoms with van der Waals surface area (Å²) < 4.78 is 25.4. The van der Waals surface area contributed by atoms with Crippen molar-refractivity contribution < 1.29 is 18.7 Å². The molecule has 0 aromatic carbocycles. The van der Waals surface area contributed by atoms with Crippen LogP contribution in [0.3, 0.4) is 0 Å². The van der Waals surface area contributed by atoms with Crippen molar-refractivity contribution in [3.63, 3.8) is 0 Å². The van der Waals surface area contributed by atoms with Gasteiger partial charge >= 0.3 is 11.7 Å². The van der Waals surface area contributed by atoms with E-state index >= 15 is 0 Å². The number of alkyl halides is 1. The van der Waals surface area contributed by atoms with Gasteiger partial charge in [-0.2, -0.15) is 4.39 Å². The molecule has 1 N–H and O–H groups in total. The molecule has 0 saturated carbocycles. The zero-order chi connectivity index (χ0) is 14.9. The molecule has 2 rings (SSSR count). The summed E-state index contributed by atoms with van der Waals surface area (Å²) >= 11 is 2.07. The Hall–Kier alpha value is -1.23. The minimum atomic E-state index is -1.08. The first-order valence-electron chi connectivity index (χ1n) is 5.82. The molecule has 0 spiro atoms. The Labute approximate surface area is 126 Å². The monoisotopic (exact) mass is 398 g/mol. The molecule has 1 aromatic heterocycles. The third-order valence-corrected chi connectivity index (χ3v) is 3.75. The molecule has 0 unspecified atom stereocenters. The van der Waals surface area contributed by atoms with Crippen molar-refractivity contribution in [2.75, 3.05) is 4.43 Å². The van der Waals surface area contributed by atoms with Gasteiger partial charge < -0.3 is 9.47 Å². The van der Waals surface area contributed by atoms with E-state index in [0.29, 0.717) is 4.43 Å². The minimum absolute atomic E-state index is 0.221. The predicted octanol–water partition coefficient (Wildman–Crippen LogP) is 0.330. The van der Waals surface area contributed by atoms with Crippen LogP contribution in [0, 0.1) is 5.82 Å². The van der Waals surface area contributed by atoms with Gasteiger partial charge in [0.05, 0.1) is 6.20 Å². The highest BCUT2D eigenvalue weighted by Gasteiger charge is 2.38. The highest BCUT2D eigenvalue weighted by molar-refractivity contribution is 14.1. The molecule has 1 aliphatic heterocycles. The van der Waals surface area contributed by atoms with Gasteiger partial charge in [-0.05, 0) is 0 Å². The average molecular weight is 398 g/mol. The first-order valence-corrected chi connectivity index (χ1v) is 7.34. The Kier molecular flexibility index (Phi) is 4.58. The maximum absolute atomic E-state index is 13.3. The van der Waals surface area contributed by atoms with E-state index in [1.807, 2.05) is 4.98 Å². The predicted molar refractivity (Wildman–Crippen MR) is 74.2 cm³/mol. The summed E-state index contributed by atoms with van der Waals surface area (Å²) in [6.07, 6.45) is -0.647. The lowest BCUT2D eigenvalue weighted by atomic mass is 10.2. The molecule has 0 radical (unpaired) electrons. The smallest absolute Gasteiger partial charge is 0.330 e. The molecule has 20 heavy (non-hydrogen) atoms. The van der Waals surface area contributed by atoms with E-state index in [-0.39, 0.29) is 12.5 Å². The normalized spacial score (nSPS) is 25.6. The number of aromatic nitrogens is 2. The molecule has 7 nitrogen and oxygen atoms in total. The van der Waals surface area contributed by atoms with E-state index < -0.39 is 35.4 Å². The first-order chi connectivity index (χ1) is 9.42. The zero-order valence-corrected chi connectivity index (χ0v) is 12.6. The van der Waals surface area contributed by atoms with Gasteiger partial charge in [0, 0.05) is 17.8 Å². The van der Waals surface area contributed by atoms with Gasteiger partial charge in [0.2, 0.25) is 5.82 Å². The highest BCUT2D eigenvalue weighted by atomic mass is 127. The number of hydrogen-bond donors (Lipinski definition) is 1. The summed E-state index contributed by atoms with van der Waals surface area (Å²) in [5.41, 5.74) is -1.84. The third kappa shape index (κ3) is 3.08. The van der Waals surface area contributed by atoms with Gasteiger partial charge in [-0.25, -0.2) is 4.79 Å². The van der Waals surface area contributed by atoms with Gasteiger partial charge in [-0.3, -0.25) is 19.1 Å². The molecule has 110 valence electrons. The average Bonchev–Trinajstić information content (AvgIpc) is 2.75. The molecule has 1 fully saturated rings. The molecule has 1 aromatic rings. The van der Waals surface area contributed by atoms with Crippen molar-refractivity contribution in [3.8, 4) is 0 Å². The number of rotatable bonds is 3. The number of carbonyl (C=O) groups excluding carboxylic acids is 1. The van der Waals surface area contributed by atoms with E-state index in [1.54, 1.807) is 0 Å². The van der Waals surface area contributed by atoms with Gasteiger partial charge in [0.15, 0.2) is 0 Å². The lowest BCUT2D eigenvalue weighted by molar-refractivity contribution is -0.148. The van der Waals surface area contributed by atoms with Crippen LogP contribution in [0.1, 0.15) is 19.6 Å². The lowest BCUT2D eigenvalue weighted by Crippen LogP contribution is -2.33. The number of nitrogens with zero attached hydrogens (tertiary/aromatic N) is 1. The lowest BCUT2D eigenvalue weighted by Gasteiger charge is -2.15. The van der Waals surface area contributed by atoms with Crippen LogP contribution in [-0.4, -0.2) is 32.2 Å². The van der Waals surface area contributed by atoms with Crippen LogP contribution in [0.25, 0.3) is 0 Å². The highest BCUT2D eigenvalue weighted by Crippen LogP contribution is 2.30.